The summed E-state index contributed by atoms with van der Waals surface area (Å²) >= 11 is 0. The predicted molar refractivity (Wildman–Crippen MR) is 93.0 cm³/mol. The van der Waals surface area contributed by atoms with Crippen molar-refractivity contribution in [3.05, 3.63) is 29.6 Å². The molecule has 2 saturated heterocycles. The normalized spacial score (nSPS) is 25.0. The summed E-state index contributed by atoms with van der Waals surface area (Å²) in [5.74, 6) is 0.507. The van der Waals surface area contributed by atoms with Crippen LogP contribution in [0, 0.1) is 12.8 Å². The Morgan fingerprint density at radius 2 is 2.12 bits per heavy atom. The first-order chi connectivity index (χ1) is 11.6. The van der Waals surface area contributed by atoms with Crippen LogP contribution in [0.15, 0.2) is 18.2 Å². The molecule has 2 amide bonds. The van der Waals surface area contributed by atoms with E-state index in [1.165, 1.54) is 0 Å². The summed E-state index contributed by atoms with van der Waals surface area (Å²) in [6, 6.07) is 6.50. The number of urea groups is 1. The van der Waals surface area contributed by atoms with E-state index >= 15 is 0 Å². The van der Waals surface area contributed by atoms with Gasteiger partial charge in [0.05, 0.1) is 13.2 Å². The van der Waals surface area contributed by atoms with E-state index in [2.05, 4.69) is 22.1 Å². The number of aromatic nitrogens is 1. The van der Waals surface area contributed by atoms with E-state index in [0.717, 1.165) is 57.2 Å². The van der Waals surface area contributed by atoms with Gasteiger partial charge in [-0.25, -0.2) is 4.79 Å². The predicted octanol–water partition coefficient (Wildman–Crippen LogP) is 1.29. The molecule has 24 heavy (non-hydrogen) atoms. The van der Waals surface area contributed by atoms with Crippen LogP contribution in [0.3, 0.4) is 0 Å². The third-order valence-corrected chi connectivity index (χ3v) is 4.98. The molecule has 0 aromatic carbocycles. The average Bonchev–Trinajstić information content (AvgIpc) is 2.98. The second kappa shape index (κ2) is 7.94. The Morgan fingerprint density at radius 3 is 2.88 bits per heavy atom. The Kier molecular flexibility index (Phi) is 5.68. The lowest BCUT2D eigenvalue weighted by Crippen LogP contribution is -2.47. The number of hydrogen-bond acceptors (Lipinski definition) is 4. The number of aryl methyl sites for hydroxylation is 1. The fourth-order valence-corrected chi connectivity index (χ4v) is 3.65. The lowest BCUT2D eigenvalue weighted by atomic mass is 10.0. The highest BCUT2D eigenvalue weighted by Crippen LogP contribution is 2.22. The van der Waals surface area contributed by atoms with Gasteiger partial charge in [-0.1, -0.05) is 13.0 Å². The smallest absolute Gasteiger partial charge is 0.317 e. The standard InChI is InChI=1S/C18H28N4O2/c1-14-12-22(13-17(14)21-8-10-24-11-9-21)18(23)19-7-6-16-5-3-4-15(2)20-16/h3-5,14,17H,6-13H2,1-2H3,(H,19,23). The van der Waals surface area contributed by atoms with E-state index < -0.39 is 0 Å². The van der Waals surface area contributed by atoms with Crippen molar-refractivity contribution in [2.45, 2.75) is 26.3 Å². The first-order valence-electron chi connectivity index (χ1n) is 8.90. The topological polar surface area (TPSA) is 57.7 Å². The zero-order valence-electron chi connectivity index (χ0n) is 14.7. The number of likely N-dealkylation sites (tertiary alicyclic amines) is 1. The van der Waals surface area contributed by atoms with Crippen molar-refractivity contribution in [1.29, 1.82) is 0 Å². The Bertz CT molecular complexity index is 560. The van der Waals surface area contributed by atoms with Crippen molar-refractivity contribution in [3.63, 3.8) is 0 Å². The number of pyridine rings is 1. The minimum atomic E-state index is 0.0465. The summed E-state index contributed by atoms with van der Waals surface area (Å²) < 4.78 is 5.43. The Balaban J connectivity index is 1.45. The van der Waals surface area contributed by atoms with E-state index in [-0.39, 0.29) is 6.03 Å². The highest BCUT2D eigenvalue weighted by atomic mass is 16.5. The summed E-state index contributed by atoms with van der Waals surface area (Å²) in [6.07, 6.45) is 0.768. The van der Waals surface area contributed by atoms with Crippen LogP contribution in [-0.4, -0.2) is 72.8 Å². The number of carbonyl (C=O) groups is 1. The maximum atomic E-state index is 12.4. The van der Waals surface area contributed by atoms with Crippen LogP contribution < -0.4 is 5.32 Å². The van der Waals surface area contributed by atoms with Gasteiger partial charge in [0.2, 0.25) is 0 Å². The molecule has 132 valence electrons. The Hall–Kier alpha value is -1.66. The van der Waals surface area contributed by atoms with Gasteiger partial charge in [0.25, 0.3) is 0 Å². The molecular weight excluding hydrogens is 304 g/mol. The summed E-state index contributed by atoms with van der Waals surface area (Å²) in [5.41, 5.74) is 2.04. The molecular formula is C18H28N4O2. The van der Waals surface area contributed by atoms with Gasteiger partial charge in [-0.05, 0) is 25.0 Å². The number of nitrogens with one attached hydrogen (secondary N) is 1. The van der Waals surface area contributed by atoms with Crippen molar-refractivity contribution in [2.24, 2.45) is 5.92 Å². The first-order valence-corrected chi connectivity index (χ1v) is 8.90. The third-order valence-electron chi connectivity index (χ3n) is 4.98. The van der Waals surface area contributed by atoms with Gasteiger partial charge in [0.15, 0.2) is 0 Å². The lowest BCUT2D eigenvalue weighted by molar-refractivity contribution is 0.0123. The number of rotatable bonds is 4. The quantitative estimate of drug-likeness (QED) is 0.903. The Labute approximate surface area is 144 Å². The SMILES string of the molecule is Cc1cccc(CCNC(=O)N2CC(C)C(N3CCOCC3)C2)n1. The van der Waals surface area contributed by atoms with Gasteiger partial charge < -0.3 is 15.0 Å². The molecule has 6 nitrogen and oxygen atoms in total. The fourth-order valence-electron chi connectivity index (χ4n) is 3.65. The van der Waals surface area contributed by atoms with Gasteiger partial charge in [-0.15, -0.1) is 0 Å². The van der Waals surface area contributed by atoms with Gasteiger partial charge in [0.1, 0.15) is 0 Å². The zero-order valence-corrected chi connectivity index (χ0v) is 14.7. The number of amides is 2. The van der Waals surface area contributed by atoms with E-state index in [1.807, 2.05) is 30.0 Å². The summed E-state index contributed by atoms with van der Waals surface area (Å²) in [7, 11) is 0. The zero-order chi connectivity index (χ0) is 16.9. The van der Waals surface area contributed by atoms with Crippen molar-refractivity contribution in [1.82, 2.24) is 20.1 Å². The van der Waals surface area contributed by atoms with Crippen LogP contribution in [0.2, 0.25) is 0 Å². The van der Waals surface area contributed by atoms with Crippen LogP contribution in [0.4, 0.5) is 4.79 Å². The molecule has 1 aromatic rings. The number of carbonyl (C=O) groups excluding carboxylic acids is 1. The van der Waals surface area contributed by atoms with Crippen LogP contribution in [-0.2, 0) is 11.2 Å². The molecule has 0 radical (unpaired) electrons. The van der Waals surface area contributed by atoms with Crippen molar-refractivity contribution in [2.75, 3.05) is 45.9 Å². The van der Waals surface area contributed by atoms with Crippen molar-refractivity contribution in [3.8, 4) is 0 Å². The van der Waals surface area contributed by atoms with Crippen LogP contribution >= 0.6 is 0 Å². The molecule has 6 heteroatoms. The number of morpholine rings is 1. The molecule has 1 aromatic heterocycles. The van der Waals surface area contributed by atoms with Gasteiger partial charge in [0, 0.05) is 56.6 Å². The van der Waals surface area contributed by atoms with Gasteiger partial charge >= 0.3 is 6.03 Å². The molecule has 0 aliphatic carbocycles. The maximum absolute atomic E-state index is 12.4. The summed E-state index contributed by atoms with van der Waals surface area (Å²) in [5, 5.41) is 3.04. The van der Waals surface area contributed by atoms with Crippen molar-refractivity contribution >= 4 is 6.03 Å². The molecule has 0 saturated carbocycles. The summed E-state index contributed by atoms with van der Waals surface area (Å²) in [4.78, 5) is 21.3. The average molecular weight is 332 g/mol. The molecule has 2 unspecified atom stereocenters. The molecule has 2 fully saturated rings. The first kappa shape index (κ1) is 17.2. The molecule has 1 N–H and O–H groups in total. The molecule has 2 aliphatic heterocycles. The second-order valence-corrected chi connectivity index (χ2v) is 6.85. The number of nitrogens with zero attached hydrogens (tertiary/aromatic N) is 3. The third kappa shape index (κ3) is 4.24. The molecule has 2 atom stereocenters. The highest BCUT2D eigenvalue weighted by molar-refractivity contribution is 5.74. The minimum absolute atomic E-state index is 0.0465. The van der Waals surface area contributed by atoms with Gasteiger partial charge in [-0.3, -0.25) is 9.88 Å². The lowest BCUT2D eigenvalue weighted by Gasteiger charge is -2.33. The van der Waals surface area contributed by atoms with E-state index in [0.29, 0.717) is 18.5 Å². The largest absolute Gasteiger partial charge is 0.379 e. The molecule has 3 heterocycles. The van der Waals surface area contributed by atoms with E-state index in [1.54, 1.807) is 0 Å². The van der Waals surface area contributed by atoms with Crippen LogP contribution in [0.5, 0.6) is 0 Å². The number of hydrogen-bond donors (Lipinski definition) is 1. The van der Waals surface area contributed by atoms with Crippen LogP contribution in [0.1, 0.15) is 18.3 Å². The number of ether oxygens (including phenoxy) is 1. The second-order valence-electron chi connectivity index (χ2n) is 6.85. The van der Waals surface area contributed by atoms with Crippen molar-refractivity contribution < 1.29 is 9.53 Å². The molecule has 0 spiro atoms. The minimum Gasteiger partial charge on any atom is -0.379 e. The van der Waals surface area contributed by atoms with E-state index in [9.17, 15) is 4.79 Å². The monoisotopic (exact) mass is 332 g/mol. The summed E-state index contributed by atoms with van der Waals surface area (Å²) in [6.45, 7) is 10.1. The maximum Gasteiger partial charge on any atom is 0.317 e. The Morgan fingerprint density at radius 1 is 1.33 bits per heavy atom. The van der Waals surface area contributed by atoms with Gasteiger partial charge in [-0.2, -0.15) is 0 Å². The van der Waals surface area contributed by atoms with Crippen LogP contribution in [0.25, 0.3) is 0 Å². The molecule has 3 rings (SSSR count). The van der Waals surface area contributed by atoms with E-state index in [4.69, 9.17) is 4.74 Å². The fraction of sp³-hybridized carbons (Fsp3) is 0.667. The molecule has 0 bridgehead atoms. The highest BCUT2D eigenvalue weighted by Gasteiger charge is 2.36. The molecule has 2 aliphatic rings.